The maximum Gasteiger partial charge on any atom is 0.498 e. The molecule has 6 nitrogen and oxygen atoms in total. The Morgan fingerprint density at radius 2 is 1.75 bits per heavy atom. The van der Waals surface area contributed by atoms with E-state index in [1.165, 1.54) is 11.2 Å². The van der Waals surface area contributed by atoms with E-state index in [2.05, 4.69) is 9.97 Å². The summed E-state index contributed by atoms with van der Waals surface area (Å²) in [7, 11) is 2.72. The van der Waals surface area contributed by atoms with Gasteiger partial charge in [-0.15, -0.1) is 0 Å². The van der Waals surface area contributed by atoms with Crippen LogP contribution in [0.3, 0.4) is 0 Å². The Balaban J connectivity index is 2.39. The number of rotatable bonds is 2. The van der Waals surface area contributed by atoms with Crippen LogP contribution in [0.2, 0.25) is 0 Å². The second-order valence-electron chi connectivity index (χ2n) is 6.11. The van der Waals surface area contributed by atoms with Crippen molar-refractivity contribution < 1.29 is 14.1 Å². The lowest BCUT2D eigenvalue weighted by Gasteiger charge is -2.32. The molecular weight excluding hydrogens is 257 g/mol. The van der Waals surface area contributed by atoms with Gasteiger partial charge in [0.2, 0.25) is 0 Å². The molecule has 1 aliphatic rings. The first-order chi connectivity index (χ1) is 9.16. The van der Waals surface area contributed by atoms with Gasteiger partial charge >= 0.3 is 7.12 Å². The summed E-state index contributed by atoms with van der Waals surface area (Å²) in [4.78, 5) is 21.7. The Labute approximate surface area is 119 Å². The first-order valence-electron chi connectivity index (χ1n) is 6.53. The third-order valence-electron chi connectivity index (χ3n) is 3.86. The van der Waals surface area contributed by atoms with Crippen LogP contribution in [0.5, 0.6) is 0 Å². The Bertz CT molecular complexity index is 515. The Kier molecular flexibility index (Phi) is 3.60. The average Bonchev–Trinajstić information content (AvgIpc) is 2.57. The molecule has 0 bridgehead atoms. The van der Waals surface area contributed by atoms with Crippen LogP contribution in [-0.4, -0.2) is 53.2 Å². The topological polar surface area (TPSA) is 64.6 Å². The number of carbonyl (C=O) groups is 1. The first kappa shape index (κ1) is 14.9. The third kappa shape index (κ3) is 2.43. The molecule has 1 aromatic heterocycles. The largest absolute Gasteiger partial charge is 0.498 e. The summed E-state index contributed by atoms with van der Waals surface area (Å²) in [5, 5.41) is 0. The minimum absolute atomic E-state index is 0.197. The van der Waals surface area contributed by atoms with E-state index in [1.807, 2.05) is 27.7 Å². The van der Waals surface area contributed by atoms with E-state index in [0.29, 0.717) is 11.2 Å². The fourth-order valence-corrected chi connectivity index (χ4v) is 1.87. The lowest BCUT2D eigenvalue weighted by molar-refractivity contribution is 0.00578. The van der Waals surface area contributed by atoms with Crippen molar-refractivity contribution in [1.82, 2.24) is 14.9 Å². The maximum atomic E-state index is 12.2. The average molecular weight is 277 g/mol. The van der Waals surface area contributed by atoms with Gasteiger partial charge in [0.15, 0.2) is 0 Å². The van der Waals surface area contributed by atoms with Crippen molar-refractivity contribution in [2.45, 2.75) is 38.9 Å². The number of nitrogens with zero attached hydrogens (tertiary/aromatic N) is 3. The Hall–Kier alpha value is -1.47. The quantitative estimate of drug-likeness (QED) is 0.736. The molecule has 2 heterocycles. The van der Waals surface area contributed by atoms with E-state index in [9.17, 15) is 4.79 Å². The molecule has 0 spiro atoms. The van der Waals surface area contributed by atoms with Crippen LogP contribution in [0, 0.1) is 0 Å². The monoisotopic (exact) mass is 277 g/mol. The molecule has 0 saturated carbocycles. The number of carbonyl (C=O) groups excluding carboxylic acids is 1. The van der Waals surface area contributed by atoms with Crippen molar-refractivity contribution in [2.24, 2.45) is 0 Å². The van der Waals surface area contributed by atoms with Crippen molar-refractivity contribution in [1.29, 1.82) is 0 Å². The molecule has 1 aliphatic heterocycles. The van der Waals surface area contributed by atoms with Crippen molar-refractivity contribution in [3.8, 4) is 0 Å². The minimum Gasteiger partial charge on any atom is -0.399 e. The van der Waals surface area contributed by atoms with Gasteiger partial charge in [-0.3, -0.25) is 4.79 Å². The summed E-state index contributed by atoms with van der Waals surface area (Å²) in [6, 6.07) is 0. The van der Waals surface area contributed by atoms with Gasteiger partial charge in [0.25, 0.3) is 5.91 Å². The van der Waals surface area contributed by atoms with E-state index < -0.39 is 18.3 Å². The summed E-state index contributed by atoms with van der Waals surface area (Å²) in [6.45, 7) is 7.85. The molecular formula is C13H20BN3O3. The van der Waals surface area contributed by atoms with E-state index in [4.69, 9.17) is 9.31 Å². The number of amides is 1. The lowest BCUT2D eigenvalue weighted by Crippen LogP contribution is -2.41. The standard InChI is InChI=1S/C13H20BN3O3/c1-12(2)13(3,4)20-14(19-12)9-7-15-8-16-10(9)11(18)17(5)6/h7-8H,1-6H3. The summed E-state index contributed by atoms with van der Waals surface area (Å²) >= 11 is 0. The van der Waals surface area contributed by atoms with Crippen LogP contribution in [0.15, 0.2) is 12.5 Å². The first-order valence-corrected chi connectivity index (χ1v) is 6.53. The van der Waals surface area contributed by atoms with Gasteiger partial charge in [-0.2, -0.15) is 0 Å². The van der Waals surface area contributed by atoms with E-state index in [-0.39, 0.29) is 5.91 Å². The van der Waals surface area contributed by atoms with Crippen LogP contribution in [0.1, 0.15) is 38.2 Å². The lowest BCUT2D eigenvalue weighted by atomic mass is 9.78. The molecule has 1 aromatic rings. The normalized spacial score (nSPS) is 20.0. The molecule has 0 radical (unpaired) electrons. The number of hydrogen-bond donors (Lipinski definition) is 0. The highest BCUT2D eigenvalue weighted by Gasteiger charge is 2.52. The third-order valence-corrected chi connectivity index (χ3v) is 3.86. The SMILES string of the molecule is CN(C)C(=O)c1ncncc1B1OC(C)(C)C(C)(C)O1. The van der Waals surface area contributed by atoms with Gasteiger partial charge in [-0.25, -0.2) is 9.97 Å². The predicted molar refractivity (Wildman–Crippen MR) is 75.8 cm³/mol. The smallest absolute Gasteiger partial charge is 0.399 e. The second-order valence-corrected chi connectivity index (χ2v) is 6.11. The predicted octanol–water partition coefficient (Wildman–Crippen LogP) is 0.478. The van der Waals surface area contributed by atoms with Crippen molar-refractivity contribution >= 4 is 18.5 Å². The van der Waals surface area contributed by atoms with Crippen molar-refractivity contribution in [3.63, 3.8) is 0 Å². The molecule has 0 aliphatic carbocycles. The molecule has 1 amide bonds. The van der Waals surface area contributed by atoms with Crippen LogP contribution < -0.4 is 5.46 Å². The van der Waals surface area contributed by atoms with Crippen LogP contribution in [0.25, 0.3) is 0 Å². The zero-order valence-corrected chi connectivity index (χ0v) is 12.8. The number of aromatic nitrogens is 2. The summed E-state index contributed by atoms with van der Waals surface area (Å²) in [5.41, 5.74) is -0.0638. The van der Waals surface area contributed by atoms with Crippen molar-refractivity contribution in [2.75, 3.05) is 14.1 Å². The van der Waals surface area contributed by atoms with Gasteiger partial charge in [-0.1, -0.05) is 0 Å². The fraction of sp³-hybridized carbons (Fsp3) is 0.615. The molecule has 2 rings (SSSR count). The number of hydrogen-bond acceptors (Lipinski definition) is 5. The second kappa shape index (κ2) is 4.82. The molecule has 1 saturated heterocycles. The molecule has 0 aromatic carbocycles. The molecule has 0 N–H and O–H groups in total. The fourth-order valence-electron chi connectivity index (χ4n) is 1.87. The van der Waals surface area contributed by atoms with Crippen molar-refractivity contribution in [3.05, 3.63) is 18.2 Å². The molecule has 20 heavy (non-hydrogen) atoms. The minimum atomic E-state index is -0.639. The van der Waals surface area contributed by atoms with Gasteiger partial charge < -0.3 is 14.2 Å². The van der Waals surface area contributed by atoms with Crippen LogP contribution in [-0.2, 0) is 9.31 Å². The van der Waals surface area contributed by atoms with E-state index in [1.54, 1.807) is 20.3 Å². The maximum absolute atomic E-state index is 12.2. The molecule has 108 valence electrons. The molecule has 0 atom stereocenters. The van der Waals surface area contributed by atoms with E-state index in [0.717, 1.165) is 0 Å². The Morgan fingerprint density at radius 3 is 2.25 bits per heavy atom. The Morgan fingerprint density at radius 1 is 1.20 bits per heavy atom. The summed E-state index contributed by atoms with van der Waals surface area (Å²) < 4.78 is 11.9. The van der Waals surface area contributed by atoms with Gasteiger partial charge in [0, 0.05) is 25.8 Å². The van der Waals surface area contributed by atoms with Gasteiger partial charge in [0.1, 0.15) is 12.0 Å². The highest BCUT2D eigenvalue weighted by atomic mass is 16.7. The highest BCUT2D eigenvalue weighted by molar-refractivity contribution is 6.63. The van der Waals surface area contributed by atoms with Crippen LogP contribution >= 0.6 is 0 Å². The zero-order valence-electron chi connectivity index (χ0n) is 12.8. The highest BCUT2D eigenvalue weighted by Crippen LogP contribution is 2.36. The van der Waals surface area contributed by atoms with Gasteiger partial charge in [-0.05, 0) is 27.7 Å². The van der Waals surface area contributed by atoms with Crippen LogP contribution in [0.4, 0.5) is 0 Å². The van der Waals surface area contributed by atoms with E-state index >= 15 is 0 Å². The van der Waals surface area contributed by atoms with Gasteiger partial charge in [0.05, 0.1) is 11.2 Å². The zero-order chi connectivity index (χ0) is 15.1. The summed E-state index contributed by atoms with van der Waals surface area (Å²) in [5.74, 6) is -0.197. The molecule has 7 heteroatoms. The molecule has 0 unspecified atom stereocenters. The summed E-state index contributed by atoms with van der Waals surface area (Å²) in [6.07, 6.45) is 2.93. The molecule has 1 fully saturated rings.